The van der Waals surface area contributed by atoms with Gasteiger partial charge in [-0.3, -0.25) is 0 Å². The quantitative estimate of drug-likeness (QED) is 0.164. The maximum atomic E-state index is 9.70. The predicted molar refractivity (Wildman–Crippen MR) is 229 cm³/mol. The van der Waals surface area contributed by atoms with Crippen molar-refractivity contribution in [2.75, 3.05) is 0 Å². The molecule has 4 heteroatoms. The highest BCUT2D eigenvalue weighted by Gasteiger charge is 2.64. The molecular formula is C53H40N4. The van der Waals surface area contributed by atoms with Gasteiger partial charge in [0, 0.05) is 22.1 Å². The van der Waals surface area contributed by atoms with Crippen LogP contribution in [0.3, 0.4) is 0 Å². The minimum atomic E-state index is 0.238. The van der Waals surface area contributed by atoms with Crippen molar-refractivity contribution < 1.29 is 0 Å². The second kappa shape index (κ2) is 13.2. The number of nitriles is 1. The average molecular weight is 733 g/mol. The minimum absolute atomic E-state index is 0.238. The van der Waals surface area contributed by atoms with Crippen LogP contribution in [0.2, 0.25) is 0 Å². The van der Waals surface area contributed by atoms with Gasteiger partial charge in [-0.25, -0.2) is 15.0 Å². The summed E-state index contributed by atoms with van der Waals surface area (Å²) < 4.78 is 0. The van der Waals surface area contributed by atoms with Gasteiger partial charge in [0.15, 0.2) is 17.5 Å². The summed E-state index contributed by atoms with van der Waals surface area (Å²) >= 11 is 0. The van der Waals surface area contributed by atoms with E-state index in [1.54, 1.807) is 0 Å². The van der Waals surface area contributed by atoms with E-state index in [9.17, 15) is 5.26 Å². The van der Waals surface area contributed by atoms with Crippen LogP contribution < -0.4 is 0 Å². The molecule has 0 spiro atoms. The van der Waals surface area contributed by atoms with E-state index in [2.05, 4.69) is 103 Å². The minimum Gasteiger partial charge on any atom is -0.208 e. The van der Waals surface area contributed by atoms with E-state index in [-0.39, 0.29) is 10.8 Å². The van der Waals surface area contributed by atoms with Gasteiger partial charge in [-0.1, -0.05) is 164 Å². The Morgan fingerprint density at radius 3 is 1.58 bits per heavy atom. The van der Waals surface area contributed by atoms with Crippen LogP contribution in [-0.4, -0.2) is 15.0 Å². The van der Waals surface area contributed by atoms with Crippen molar-refractivity contribution in [2.45, 2.75) is 42.9 Å². The van der Waals surface area contributed by atoms with Crippen LogP contribution in [0.4, 0.5) is 0 Å². The standard InChI is InChI=1S/C53H40N4/c54-33-42-23-28-47(48-14-8-7-13-46(42)48)38-21-26-44(27-22-38)53-31-35-29-45(53)32-52(30-35,34-53)43-24-19-37(20-25-43)36-15-17-41(18-16-36)51-56-49(39-9-3-1-4-10-39)55-50(57-51)40-11-5-2-6-12-40/h1-28,35,45H,29-32,34H2. The van der Waals surface area contributed by atoms with Crippen LogP contribution >= 0.6 is 0 Å². The number of benzene rings is 7. The van der Waals surface area contributed by atoms with Crippen molar-refractivity contribution in [1.29, 1.82) is 5.26 Å². The zero-order valence-corrected chi connectivity index (χ0v) is 31.6. The molecule has 0 saturated heterocycles. The smallest absolute Gasteiger partial charge is 0.164 e. The molecule has 4 aliphatic carbocycles. The normalized spacial score (nSPS) is 21.8. The van der Waals surface area contributed by atoms with Crippen LogP contribution in [-0.2, 0) is 10.8 Å². The van der Waals surface area contributed by atoms with Gasteiger partial charge in [-0.2, -0.15) is 5.26 Å². The molecule has 1 heterocycles. The molecule has 8 aromatic rings. The molecule has 4 bridgehead atoms. The third kappa shape index (κ3) is 5.60. The van der Waals surface area contributed by atoms with E-state index in [4.69, 9.17) is 15.0 Å². The van der Waals surface area contributed by atoms with Crippen molar-refractivity contribution in [3.63, 3.8) is 0 Å². The maximum Gasteiger partial charge on any atom is 0.164 e. The monoisotopic (exact) mass is 732 g/mol. The predicted octanol–water partition coefficient (Wildman–Crippen LogP) is 12.6. The van der Waals surface area contributed by atoms with E-state index >= 15 is 0 Å². The molecule has 0 N–H and O–H groups in total. The first-order valence-corrected chi connectivity index (χ1v) is 20.2. The first-order chi connectivity index (χ1) is 28.1. The van der Waals surface area contributed by atoms with E-state index in [0.29, 0.717) is 17.5 Å². The highest BCUT2D eigenvalue weighted by Crippen LogP contribution is 2.71. The third-order valence-electron chi connectivity index (χ3n) is 13.5. The van der Waals surface area contributed by atoms with Crippen LogP contribution in [0.15, 0.2) is 170 Å². The van der Waals surface area contributed by atoms with Crippen molar-refractivity contribution in [2.24, 2.45) is 11.8 Å². The second-order valence-electron chi connectivity index (χ2n) is 16.6. The Labute approximate surface area is 333 Å². The Hall–Kier alpha value is -6.70. The lowest BCUT2D eigenvalue weighted by Gasteiger charge is -2.42. The Kier molecular flexibility index (Phi) is 7.79. The molecule has 4 fully saturated rings. The summed E-state index contributed by atoms with van der Waals surface area (Å²) in [5, 5.41) is 11.9. The van der Waals surface area contributed by atoms with Gasteiger partial charge in [0.25, 0.3) is 0 Å². The number of nitrogens with zero attached hydrogens (tertiary/aromatic N) is 4. The zero-order valence-electron chi connectivity index (χ0n) is 31.6. The molecule has 12 rings (SSSR count). The molecule has 4 aliphatic rings. The number of fused-ring (bicyclic) bond motifs is 1. The van der Waals surface area contributed by atoms with Crippen LogP contribution in [0.25, 0.3) is 67.2 Å². The van der Waals surface area contributed by atoms with Crippen molar-refractivity contribution in [1.82, 2.24) is 15.0 Å². The van der Waals surface area contributed by atoms with Crippen LogP contribution in [0.5, 0.6) is 0 Å². The molecule has 4 atom stereocenters. The topological polar surface area (TPSA) is 62.5 Å². The lowest BCUT2D eigenvalue weighted by atomic mass is 9.62. The Bertz CT molecular complexity index is 2770. The van der Waals surface area contributed by atoms with Gasteiger partial charge in [0.05, 0.1) is 11.6 Å². The highest BCUT2D eigenvalue weighted by atomic mass is 15.0. The van der Waals surface area contributed by atoms with Crippen LogP contribution in [0.1, 0.15) is 48.8 Å². The van der Waals surface area contributed by atoms with E-state index in [1.807, 2.05) is 72.8 Å². The Morgan fingerprint density at radius 2 is 0.965 bits per heavy atom. The number of aromatic nitrogens is 3. The largest absolute Gasteiger partial charge is 0.208 e. The summed E-state index contributed by atoms with van der Waals surface area (Å²) in [5.41, 5.74) is 12.0. The van der Waals surface area contributed by atoms with Crippen molar-refractivity contribution in [3.05, 3.63) is 187 Å². The van der Waals surface area contributed by atoms with E-state index < -0.39 is 0 Å². The number of hydrogen-bond donors (Lipinski definition) is 0. The molecule has 272 valence electrons. The van der Waals surface area contributed by atoms with Gasteiger partial charge in [0.2, 0.25) is 0 Å². The molecule has 4 nitrogen and oxygen atoms in total. The van der Waals surface area contributed by atoms with Gasteiger partial charge in [-0.05, 0) is 99.6 Å². The van der Waals surface area contributed by atoms with E-state index in [0.717, 1.165) is 44.9 Å². The van der Waals surface area contributed by atoms with Gasteiger partial charge in [-0.15, -0.1) is 0 Å². The summed E-state index contributed by atoms with van der Waals surface area (Å²) in [6.07, 6.45) is 6.48. The molecule has 4 unspecified atom stereocenters. The second-order valence-corrected chi connectivity index (χ2v) is 16.6. The molecule has 1 aromatic heterocycles. The van der Waals surface area contributed by atoms with Gasteiger partial charge in [0.1, 0.15) is 0 Å². The summed E-state index contributed by atoms with van der Waals surface area (Å²) in [6, 6.07) is 62.7. The number of rotatable bonds is 7. The molecule has 0 radical (unpaired) electrons. The summed E-state index contributed by atoms with van der Waals surface area (Å²) in [7, 11) is 0. The molecule has 0 amide bonds. The summed E-state index contributed by atoms with van der Waals surface area (Å²) in [5.74, 6) is 3.52. The zero-order chi connectivity index (χ0) is 38.0. The molecule has 4 saturated carbocycles. The van der Waals surface area contributed by atoms with Gasteiger partial charge < -0.3 is 0 Å². The number of hydrogen-bond acceptors (Lipinski definition) is 4. The molecule has 7 aromatic carbocycles. The first kappa shape index (κ1) is 33.6. The Balaban J connectivity index is 0.856. The van der Waals surface area contributed by atoms with Crippen molar-refractivity contribution >= 4 is 10.8 Å². The SMILES string of the molecule is N#Cc1ccc(-c2ccc(C34CC5CC3CC(c3ccc(-c6ccc(-c7nc(-c8ccccc8)nc(-c8ccccc8)n7)cc6)cc3)(C5)C4)cc2)c2ccccc12. The first-order valence-electron chi connectivity index (χ1n) is 20.2. The lowest BCUT2D eigenvalue weighted by molar-refractivity contribution is 0.220. The summed E-state index contributed by atoms with van der Waals surface area (Å²) in [4.78, 5) is 14.7. The fourth-order valence-electron chi connectivity index (χ4n) is 11.1. The van der Waals surface area contributed by atoms with Crippen LogP contribution in [0, 0.1) is 23.2 Å². The third-order valence-corrected chi connectivity index (χ3v) is 13.5. The summed E-state index contributed by atoms with van der Waals surface area (Å²) in [6.45, 7) is 0. The molecular weight excluding hydrogens is 693 g/mol. The van der Waals surface area contributed by atoms with Gasteiger partial charge >= 0.3 is 0 Å². The lowest BCUT2D eigenvalue weighted by Crippen LogP contribution is -2.35. The maximum absolute atomic E-state index is 9.70. The van der Waals surface area contributed by atoms with Crippen molar-refractivity contribution in [3.8, 4) is 62.5 Å². The molecule has 57 heavy (non-hydrogen) atoms. The Morgan fingerprint density at radius 1 is 0.456 bits per heavy atom. The molecule has 0 aliphatic heterocycles. The average Bonchev–Trinajstić information content (AvgIpc) is 3.68. The fraction of sp³-hybridized carbons (Fsp3) is 0.170. The highest BCUT2D eigenvalue weighted by molar-refractivity contribution is 5.99. The fourth-order valence-corrected chi connectivity index (χ4v) is 11.1. The van der Waals surface area contributed by atoms with E-state index in [1.165, 1.54) is 65.5 Å².